The highest BCUT2D eigenvalue weighted by Crippen LogP contribution is 2.29. The van der Waals surface area contributed by atoms with Crippen LogP contribution in [0.15, 0.2) is 41.7 Å². The molecule has 0 unspecified atom stereocenters. The standard InChI is InChI=1S/C21H22F5N3O2.C5H4F3N3O/c1-29(6-3-2-4-8-31-21(25)26)7-5-14-9-16(17(22)10-15(14)13-30)18-11-28-19(12-27-18)20(23)24;6-5(7,8)3-2(9)1-10-11-4(3)12/h5,7,9-13,20-21H,2-4,6,8H2,1H3;1H,(H3,9,11,12)/b7-5-;. The van der Waals surface area contributed by atoms with Gasteiger partial charge in [-0.05, 0) is 49.2 Å². The molecule has 0 aliphatic carbocycles. The maximum absolute atomic E-state index is 14.4. The van der Waals surface area contributed by atoms with Gasteiger partial charge >= 0.3 is 12.8 Å². The van der Waals surface area contributed by atoms with Crippen molar-refractivity contribution in [2.75, 3.05) is 25.9 Å². The van der Waals surface area contributed by atoms with Crippen molar-refractivity contribution < 1.29 is 44.7 Å². The van der Waals surface area contributed by atoms with Gasteiger partial charge in [-0.15, -0.1) is 0 Å². The fourth-order valence-corrected chi connectivity index (χ4v) is 3.44. The number of nitrogen functional groups attached to an aromatic ring is 1. The Bertz CT molecular complexity index is 1420. The molecule has 2 heterocycles. The zero-order valence-corrected chi connectivity index (χ0v) is 22.4. The summed E-state index contributed by atoms with van der Waals surface area (Å²) in [5.41, 5.74) is 1.61. The van der Waals surface area contributed by atoms with Gasteiger partial charge in [0.15, 0.2) is 6.29 Å². The van der Waals surface area contributed by atoms with Crippen LogP contribution < -0.4 is 11.3 Å². The van der Waals surface area contributed by atoms with Crippen molar-refractivity contribution in [1.82, 2.24) is 25.1 Å². The summed E-state index contributed by atoms with van der Waals surface area (Å²) in [5.74, 6) is -0.724. The molecule has 1 aromatic carbocycles. The van der Waals surface area contributed by atoms with Crippen molar-refractivity contribution in [3.63, 3.8) is 0 Å². The van der Waals surface area contributed by atoms with E-state index in [0.29, 0.717) is 31.2 Å². The second kappa shape index (κ2) is 16.3. The molecule has 0 bridgehead atoms. The van der Waals surface area contributed by atoms with Gasteiger partial charge in [0.2, 0.25) is 0 Å². The number of unbranched alkanes of at least 4 members (excludes halogenated alkanes) is 2. The van der Waals surface area contributed by atoms with Crippen LogP contribution in [0.2, 0.25) is 0 Å². The molecule has 3 aromatic rings. The van der Waals surface area contributed by atoms with Crippen LogP contribution in [0.5, 0.6) is 0 Å². The summed E-state index contributed by atoms with van der Waals surface area (Å²) in [4.78, 5) is 31.1. The van der Waals surface area contributed by atoms with Crippen molar-refractivity contribution in [3.05, 3.63) is 75.5 Å². The van der Waals surface area contributed by atoms with E-state index in [1.807, 2.05) is 4.90 Å². The molecular formula is C26H26F8N6O3. The number of benzene rings is 1. The van der Waals surface area contributed by atoms with Gasteiger partial charge in [0, 0.05) is 24.7 Å². The number of rotatable bonds is 12. The number of ether oxygens (including phenoxy) is 1. The molecule has 0 aliphatic heterocycles. The molecule has 0 fully saturated rings. The molecule has 3 N–H and O–H groups in total. The molecule has 234 valence electrons. The van der Waals surface area contributed by atoms with E-state index in [4.69, 9.17) is 5.73 Å². The minimum absolute atomic E-state index is 0.000539. The van der Waals surface area contributed by atoms with Gasteiger partial charge in [-0.2, -0.15) is 27.1 Å². The highest BCUT2D eigenvalue weighted by Gasteiger charge is 2.36. The monoisotopic (exact) mass is 622 g/mol. The minimum Gasteiger partial charge on any atom is -0.397 e. The number of carbonyl (C=O) groups is 1. The highest BCUT2D eigenvalue weighted by molar-refractivity contribution is 5.84. The molecule has 2 aromatic heterocycles. The van der Waals surface area contributed by atoms with Crippen LogP contribution in [0.25, 0.3) is 17.3 Å². The summed E-state index contributed by atoms with van der Waals surface area (Å²) >= 11 is 0. The van der Waals surface area contributed by atoms with Crippen molar-refractivity contribution in [3.8, 4) is 11.3 Å². The topological polar surface area (TPSA) is 127 Å². The lowest BCUT2D eigenvalue weighted by Crippen LogP contribution is -2.24. The number of halogens is 8. The van der Waals surface area contributed by atoms with Crippen LogP contribution in [-0.2, 0) is 10.9 Å². The van der Waals surface area contributed by atoms with E-state index in [2.05, 4.69) is 19.8 Å². The predicted molar refractivity (Wildman–Crippen MR) is 140 cm³/mol. The molecule has 43 heavy (non-hydrogen) atoms. The summed E-state index contributed by atoms with van der Waals surface area (Å²) in [7, 11) is 1.80. The molecule has 0 amide bonds. The van der Waals surface area contributed by atoms with Crippen molar-refractivity contribution >= 4 is 18.0 Å². The van der Waals surface area contributed by atoms with E-state index < -0.39 is 47.5 Å². The first-order chi connectivity index (χ1) is 20.2. The van der Waals surface area contributed by atoms with Crippen LogP contribution in [-0.4, -0.2) is 58.2 Å². The average molecular weight is 623 g/mol. The van der Waals surface area contributed by atoms with Crippen LogP contribution in [0.3, 0.4) is 0 Å². The SMILES string of the molecule is CN(/C=C\c1cc(-c2cnc(C(F)F)cn2)c(F)cc1C=O)CCCCCOC(F)F.Nc1cn[nH]c(=O)c1C(F)(F)F. The lowest BCUT2D eigenvalue weighted by molar-refractivity contribution is -0.138. The quantitative estimate of drug-likeness (QED) is 0.149. The maximum Gasteiger partial charge on any atom is 0.423 e. The fraction of sp³-hybridized carbons (Fsp3) is 0.346. The number of hydrogen-bond acceptors (Lipinski definition) is 8. The Hall–Kier alpha value is -4.41. The Morgan fingerprint density at radius 1 is 1.05 bits per heavy atom. The lowest BCUT2D eigenvalue weighted by atomic mass is 10.0. The van der Waals surface area contributed by atoms with Crippen LogP contribution >= 0.6 is 0 Å². The summed E-state index contributed by atoms with van der Waals surface area (Å²) in [6, 6.07) is 2.45. The zero-order valence-electron chi connectivity index (χ0n) is 22.4. The molecule has 0 saturated heterocycles. The first-order valence-corrected chi connectivity index (χ1v) is 12.3. The van der Waals surface area contributed by atoms with Crippen molar-refractivity contribution in [1.29, 1.82) is 0 Å². The summed E-state index contributed by atoms with van der Waals surface area (Å²) in [5, 5.41) is 4.74. The van der Waals surface area contributed by atoms with Crippen LogP contribution in [0.4, 0.5) is 40.8 Å². The van der Waals surface area contributed by atoms with Gasteiger partial charge in [-0.1, -0.05) is 0 Å². The molecule has 0 saturated carbocycles. The Balaban J connectivity index is 0.000000448. The predicted octanol–water partition coefficient (Wildman–Crippen LogP) is 5.72. The van der Waals surface area contributed by atoms with Crippen LogP contribution in [0.1, 0.15) is 52.9 Å². The van der Waals surface area contributed by atoms with Crippen molar-refractivity contribution in [2.45, 2.75) is 38.5 Å². The van der Waals surface area contributed by atoms with Gasteiger partial charge in [-0.25, -0.2) is 18.3 Å². The molecular weight excluding hydrogens is 596 g/mol. The summed E-state index contributed by atoms with van der Waals surface area (Å²) in [6.45, 7) is -2.12. The number of aromatic nitrogens is 4. The number of hydrogen-bond donors (Lipinski definition) is 2. The van der Waals surface area contributed by atoms with E-state index in [-0.39, 0.29) is 23.4 Å². The molecule has 3 rings (SSSR count). The van der Waals surface area contributed by atoms with E-state index in [1.165, 1.54) is 6.07 Å². The number of nitrogens with zero attached hydrogens (tertiary/aromatic N) is 4. The third-order valence-electron chi connectivity index (χ3n) is 5.55. The lowest BCUT2D eigenvalue weighted by Gasteiger charge is -2.14. The number of nitrogens with one attached hydrogen (secondary N) is 1. The van der Waals surface area contributed by atoms with Gasteiger partial charge in [0.25, 0.3) is 12.0 Å². The Kier molecular flexibility index (Phi) is 13.2. The van der Waals surface area contributed by atoms with E-state index in [9.17, 15) is 44.7 Å². The maximum atomic E-state index is 14.4. The number of nitrogens with two attached hydrogens (primary N) is 1. The highest BCUT2D eigenvalue weighted by atomic mass is 19.4. The van der Waals surface area contributed by atoms with E-state index >= 15 is 0 Å². The third-order valence-corrected chi connectivity index (χ3v) is 5.55. The number of carbonyl (C=O) groups excluding carboxylic acids is 1. The van der Waals surface area contributed by atoms with Gasteiger partial charge < -0.3 is 15.4 Å². The first kappa shape index (κ1) is 34.8. The number of aromatic amines is 1. The summed E-state index contributed by atoms with van der Waals surface area (Å²) in [6.07, 6.45) is 0.956. The average Bonchev–Trinajstić information content (AvgIpc) is 2.93. The largest absolute Gasteiger partial charge is 0.423 e. The fourth-order valence-electron chi connectivity index (χ4n) is 3.44. The van der Waals surface area contributed by atoms with Gasteiger partial charge in [0.1, 0.15) is 17.1 Å². The summed E-state index contributed by atoms with van der Waals surface area (Å²) < 4.78 is 104. The van der Waals surface area contributed by atoms with E-state index in [0.717, 1.165) is 31.1 Å². The zero-order chi connectivity index (χ0) is 32.2. The molecule has 17 heteroatoms. The van der Waals surface area contributed by atoms with Gasteiger partial charge in [-0.3, -0.25) is 19.6 Å². The molecule has 0 aliphatic rings. The molecule has 9 nitrogen and oxygen atoms in total. The molecule has 0 spiro atoms. The Morgan fingerprint density at radius 2 is 1.77 bits per heavy atom. The molecule has 0 atom stereocenters. The first-order valence-electron chi connectivity index (χ1n) is 12.3. The van der Waals surface area contributed by atoms with Gasteiger partial charge in [0.05, 0.1) is 36.6 Å². The third kappa shape index (κ3) is 11.1. The smallest absolute Gasteiger partial charge is 0.397 e. The normalized spacial score (nSPS) is 11.6. The second-order valence-electron chi connectivity index (χ2n) is 8.72. The number of anilines is 1. The number of H-pyrrole nitrogens is 1. The minimum atomic E-state index is -4.74. The van der Waals surface area contributed by atoms with E-state index in [1.54, 1.807) is 24.4 Å². The Labute approximate surface area is 239 Å². The molecule has 0 radical (unpaired) electrons. The number of aldehydes is 1. The van der Waals surface area contributed by atoms with Crippen molar-refractivity contribution in [2.24, 2.45) is 0 Å². The number of alkyl halides is 7. The Morgan fingerprint density at radius 3 is 2.30 bits per heavy atom. The second-order valence-corrected chi connectivity index (χ2v) is 8.72. The van der Waals surface area contributed by atoms with Crippen LogP contribution in [0, 0.1) is 5.82 Å².